The van der Waals surface area contributed by atoms with E-state index in [1.165, 1.54) is 17.3 Å². The number of benzene rings is 2. The highest BCUT2D eigenvalue weighted by molar-refractivity contribution is 7.99. The van der Waals surface area contributed by atoms with Crippen molar-refractivity contribution in [3.05, 3.63) is 66.0 Å². The minimum absolute atomic E-state index is 0.113. The van der Waals surface area contributed by atoms with E-state index < -0.39 is 0 Å². The number of para-hydroxylation sites is 2. The summed E-state index contributed by atoms with van der Waals surface area (Å²) in [4.78, 5) is 12.2. The van der Waals surface area contributed by atoms with Gasteiger partial charge in [0.15, 0.2) is 5.16 Å². The Morgan fingerprint density at radius 1 is 1.07 bits per heavy atom. The van der Waals surface area contributed by atoms with Gasteiger partial charge in [0.25, 0.3) is 0 Å². The van der Waals surface area contributed by atoms with Crippen LogP contribution in [0.2, 0.25) is 0 Å². The Hall–Kier alpha value is -2.80. The summed E-state index contributed by atoms with van der Waals surface area (Å²) in [6, 6.07) is 17.6. The van der Waals surface area contributed by atoms with E-state index >= 15 is 0 Å². The predicted molar refractivity (Wildman–Crippen MR) is 107 cm³/mol. The summed E-state index contributed by atoms with van der Waals surface area (Å²) in [5, 5.41) is 12.1. The molecule has 0 unspecified atom stereocenters. The summed E-state index contributed by atoms with van der Waals surface area (Å²) in [5.74, 6) is 1.69. The van der Waals surface area contributed by atoms with Gasteiger partial charge in [-0.1, -0.05) is 54.2 Å². The molecule has 1 aromatic heterocycles. The lowest BCUT2D eigenvalue weighted by atomic mass is 10.1. The number of nitrogens with one attached hydrogen (secondary N) is 1. The first-order chi connectivity index (χ1) is 13.2. The van der Waals surface area contributed by atoms with E-state index in [0.29, 0.717) is 11.4 Å². The molecule has 0 aliphatic carbocycles. The molecule has 3 aromatic rings. The number of methoxy groups -OCH3 is 1. The molecule has 0 aliphatic rings. The molecule has 0 aliphatic heterocycles. The van der Waals surface area contributed by atoms with Crippen LogP contribution < -0.4 is 10.1 Å². The molecule has 0 saturated heterocycles. The van der Waals surface area contributed by atoms with Crippen molar-refractivity contribution >= 4 is 23.4 Å². The molecule has 1 heterocycles. The first-order valence-corrected chi connectivity index (χ1v) is 9.64. The van der Waals surface area contributed by atoms with Crippen LogP contribution in [0.4, 0.5) is 5.69 Å². The molecule has 2 aromatic carbocycles. The Morgan fingerprint density at radius 2 is 1.81 bits per heavy atom. The number of hydrogen-bond acceptors (Lipinski definition) is 5. The fraction of sp³-hybridized carbons (Fsp3) is 0.250. The van der Waals surface area contributed by atoms with Crippen molar-refractivity contribution in [3.63, 3.8) is 0 Å². The topological polar surface area (TPSA) is 69.0 Å². The van der Waals surface area contributed by atoms with Gasteiger partial charge in [0, 0.05) is 13.5 Å². The largest absolute Gasteiger partial charge is 0.495 e. The van der Waals surface area contributed by atoms with Crippen molar-refractivity contribution in [1.82, 2.24) is 14.8 Å². The highest BCUT2D eigenvalue weighted by Crippen LogP contribution is 2.24. The molecule has 3 rings (SSSR count). The van der Waals surface area contributed by atoms with E-state index in [0.717, 1.165) is 23.8 Å². The number of aromatic nitrogens is 3. The number of thioether (sulfide) groups is 1. The average molecular weight is 382 g/mol. The average Bonchev–Trinajstić information content (AvgIpc) is 3.05. The molecular weight excluding hydrogens is 360 g/mol. The van der Waals surface area contributed by atoms with E-state index in [-0.39, 0.29) is 11.7 Å². The number of amides is 1. The lowest BCUT2D eigenvalue weighted by Gasteiger charge is -2.09. The number of rotatable bonds is 8. The normalized spacial score (nSPS) is 10.6. The van der Waals surface area contributed by atoms with Crippen molar-refractivity contribution in [3.8, 4) is 5.75 Å². The van der Waals surface area contributed by atoms with Crippen LogP contribution in [-0.2, 0) is 24.7 Å². The minimum atomic E-state index is -0.113. The second-order valence-corrected chi connectivity index (χ2v) is 6.92. The quantitative estimate of drug-likeness (QED) is 0.605. The molecule has 0 atom stereocenters. The summed E-state index contributed by atoms with van der Waals surface area (Å²) < 4.78 is 7.20. The van der Waals surface area contributed by atoms with E-state index in [1.54, 1.807) is 7.11 Å². The summed E-state index contributed by atoms with van der Waals surface area (Å²) in [6.07, 6.45) is 1.72. The van der Waals surface area contributed by atoms with Crippen LogP contribution in [-0.4, -0.2) is 33.5 Å². The summed E-state index contributed by atoms with van der Waals surface area (Å²) in [6.45, 7) is 0. The van der Waals surface area contributed by atoms with E-state index in [4.69, 9.17) is 4.74 Å². The maximum Gasteiger partial charge on any atom is 0.234 e. The van der Waals surface area contributed by atoms with Crippen LogP contribution >= 0.6 is 11.8 Å². The third-order valence-electron chi connectivity index (χ3n) is 4.12. The number of hydrogen-bond donors (Lipinski definition) is 1. The third-order valence-corrected chi connectivity index (χ3v) is 5.14. The summed E-state index contributed by atoms with van der Waals surface area (Å²) >= 11 is 1.37. The monoisotopic (exact) mass is 382 g/mol. The Bertz CT molecular complexity index is 896. The van der Waals surface area contributed by atoms with E-state index in [2.05, 4.69) is 27.6 Å². The lowest BCUT2D eigenvalue weighted by molar-refractivity contribution is -0.113. The first-order valence-electron chi connectivity index (χ1n) is 8.65. The molecule has 0 radical (unpaired) electrons. The predicted octanol–water partition coefficient (Wildman–Crippen LogP) is 3.34. The van der Waals surface area contributed by atoms with Gasteiger partial charge in [0.1, 0.15) is 11.6 Å². The second kappa shape index (κ2) is 9.23. The Kier molecular flexibility index (Phi) is 6.49. The maximum atomic E-state index is 12.2. The minimum Gasteiger partial charge on any atom is -0.495 e. The van der Waals surface area contributed by atoms with E-state index in [9.17, 15) is 4.79 Å². The van der Waals surface area contributed by atoms with Crippen LogP contribution in [0, 0.1) is 0 Å². The van der Waals surface area contributed by atoms with Gasteiger partial charge in [-0.3, -0.25) is 4.79 Å². The van der Waals surface area contributed by atoms with Gasteiger partial charge >= 0.3 is 0 Å². The third kappa shape index (κ3) is 5.10. The van der Waals surface area contributed by atoms with Crippen molar-refractivity contribution < 1.29 is 9.53 Å². The van der Waals surface area contributed by atoms with Crippen LogP contribution in [0.15, 0.2) is 59.8 Å². The zero-order valence-electron chi connectivity index (χ0n) is 15.4. The molecule has 0 saturated carbocycles. The summed E-state index contributed by atoms with van der Waals surface area (Å²) in [7, 11) is 3.51. The van der Waals surface area contributed by atoms with Gasteiger partial charge in [0.2, 0.25) is 5.91 Å². The zero-order chi connectivity index (χ0) is 19.1. The molecule has 1 amide bonds. The SMILES string of the molecule is COc1ccccc1NC(=O)CSc1nnc(CCc2ccccc2)n1C. The molecular formula is C20H22N4O2S. The molecule has 27 heavy (non-hydrogen) atoms. The van der Waals surface area contributed by atoms with Gasteiger partial charge in [-0.15, -0.1) is 10.2 Å². The van der Waals surface area contributed by atoms with Gasteiger partial charge in [-0.2, -0.15) is 0 Å². The van der Waals surface area contributed by atoms with Crippen molar-refractivity contribution in [1.29, 1.82) is 0 Å². The van der Waals surface area contributed by atoms with Crippen LogP contribution in [0.5, 0.6) is 5.75 Å². The molecule has 140 valence electrons. The number of carbonyl (C=O) groups is 1. The summed E-state index contributed by atoms with van der Waals surface area (Å²) in [5.41, 5.74) is 1.93. The number of anilines is 1. The van der Waals surface area contributed by atoms with Crippen LogP contribution in [0.3, 0.4) is 0 Å². The fourth-order valence-corrected chi connectivity index (χ4v) is 3.38. The molecule has 0 spiro atoms. The zero-order valence-corrected chi connectivity index (χ0v) is 16.2. The van der Waals surface area contributed by atoms with Gasteiger partial charge in [0.05, 0.1) is 18.6 Å². The molecule has 7 heteroatoms. The molecule has 1 N–H and O–H groups in total. The van der Waals surface area contributed by atoms with Crippen molar-refractivity contribution in [2.24, 2.45) is 7.05 Å². The molecule has 0 bridgehead atoms. The highest BCUT2D eigenvalue weighted by atomic mass is 32.2. The number of aryl methyl sites for hydroxylation is 2. The first kappa shape index (κ1) is 19.0. The Morgan fingerprint density at radius 3 is 2.59 bits per heavy atom. The van der Waals surface area contributed by atoms with Crippen LogP contribution in [0.1, 0.15) is 11.4 Å². The Labute approximate surface area is 163 Å². The second-order valence-electron chi connectivity index (χ2n) is 5.98. The number of nitrogens with zero attached hydrogens (tertiary/aromatic N) is 3. The highest BCUT2D eigenvalue weighted by Gasteiger charge is 2.12. The van der Waals surface area contributed by atoms with Gasteiger partial charge in [-0.05, 0) is 24.1 Å². The van der Waals surface area contributed by atoms with E-state index in [1.807, 2.05) is 54.1 Å². The fourth-order valence-electron chi connectivity index (χ4n) is 2.65. The number of carbonyl (C=O) groups excluding carboxylic acids is 1. The van der Waals surface area contributed by atoms with Gasteiger partial charge < -0.3 is 14.6 Å². The number of ether oxygens (including phenoxy) is 1. The van der Waals surface area contributed by atoms with Crippen molar-refractivity contribution in [2.45, 2.75) is 18.0 Å². The van der Waals surface area contributed by atoms with Crippen LogP contribution in [0.25, 0.3) is 0 Å². The standard InChI is InChI=1S/C20H22N4O2S/c1-24-18(13-12-15-8-4-3-5-9-15)22-23-20(24)27-14-19(25)21-16-10-6-7-11-17(16)26-2/h3-11H,12-14H2,1-2H3,(H,21,25). The lowest BCUT2D eigenvalue weighted by Crippen LogP contribution is -2.15. The van der Waals surface area contributed by atoms with Gasteiger partial charge in [-0.25, -0.2) is 0 Å². The van der Waals surface area contributed by atoms with Crippen molar-refractivity contribution in [2.75, 3.05) is 18.2 Å². The Balaban J connectivity index is 1.54. The molecule has 0 fully saturated rings. The molecule has 6 nitrogen and oxygen atoms in total. The maximum absolute atomic E-state index is 12.2. The smallest absolute Gasteiger partial charge is 0.234 e.